The van der Waals surface area contributed by atoms with Crippen LogP contribution in [0.2, 0.25) is 0 Å². The summed E-state index contributed by atoms with van der Waals surface area (Å²) >= 11 is 0. The summed E-state index contributed by atoms with van der Waals surface area (Å²) in [5.41, 5.74) is 6.60. The highest BCUT2D eigenvalue weighted by Crippen LogP contribution is 2.23. The second kappa shape index (κ2) is 2.42. The van der Waals surface area contributed by atoms with E-state index in [9.17, 15) is 4.79 Å². The molecule has 2 aliphatic rings. The molecule has 3 nitrogen and oxygen atoms in total. The van der Waals surface area contributed by atoms with Gasteiger partial charge in [-0.1, -0.05) is 12.2 Å². The number of carbonyl (C=O) groups is 1. The fourth-order valence-corrected chi connectivity index (χ4v) is 1.43. The minimum Gasteiger partial charge on any atom is -0.302 e. The Hall–Kier alpha value is -1.25. The molecule has 1 aliphatic carbocycles. The third-order valence-corrected chi connectivity index (χ3v) is 2.05. The van der Waals surface area contributed by atoms with Gasteiger partial charge >= 0.3 is 0 Å². The molecule has 1 amide bonds. The Bertz CT molecular complexity index is 242. The molecule has 2 N–H and O–H groups in total. The molecule has 1 saturated heterocycles. The van der Waals surface area contributed by atoms with Gasteiger partial charge in [0.25, 0.3) is 0 Å². The lowest BCUT2D eigenvalue weighted by molar-refractivity contribution is -0.123. The van der Waals surface area contributed by atoms with Crippen LogP contribution in [0.25, 0.3) is 0 Å². The number of hydrogen-bond acceptors (Lipinski definition) is 2. The van der Waals surface area contributed by atoms with Crippen molar-refractivity contribution in [1.82, 2.24) is 10.9 Å². The second-order valence-corrected chi connectivity index (χ2v) is 2.86. The maximum absolute atomic E-state index is 10.9. The van der Waals surface area contributed by atoms with Gasteiger partial charge < -0.3 is 5.43 Å². The SMILES string of the molecule is O=C1CC2CC=CC=C2NN1. The van der Waals surface area contributed by atoms with Crippen LogP contribution in [0.15, 0.2) is 23.9 Å². The van der Waals surface area contributed by atoms with E-state index in [1.807, 2.05) is 12.2 Å². The molecule has 11 heavy (non-hydrogen) atoms. The van der Waals surface area contributed by atoms with Crippen LogP contribution in [0.4, 0.5) is 0 Å². The quantitative estimate of drug-likeness (QED) is 0.527. The maximum Gasteiger partial charge on any atom is 0.238 e. The predicted octanol–water partition coefficient (Wildman–Crippen LogP) is 0.471. The van der Waals surface area contributed by atoms with Crippen molar-refractivity contribution in [2.45, 2.75) is 12.8 Å². The van der Waals surface area contributed by atoms with Crippen LogP contribution < -0.4 is 10.9 Å². The van der Waals surface area contributed by atoms with Crippen LogP contribution in [-0.2, 0) is 4.79 Å². The number of fused-ring (bicyclic) bond motifs is 1. The average Bonchev–Trinajstić information content (AvgIpc) is 2.04. The van der Waals surface area contributed by atoms with E-state index in [2.05, 4.69) is 16.9 Å². The summed E-state index contributed by atoms with van der Waals surface area (Å²) in [4.78, 5) is 10.9. The zero-order valence-electron chi connectivity index (χ0n) is 6.13. The Morgan fingerprint density at radius 1 is 1.45 bits per heavy atom. The summed E-state index contributed by atoms with van der Waals surface area (Å²) in [6.07, 6.45) is 7.70. The lowest BCUT2D eigenvalue weighted by Crippen LogP contribution is -2.45. The Morgan fingerprint density at radius 2 is 2.36 bits per heavy atom. The normalized spacial score (nSPS) is 28.2. The Morgan fingerprint density at radius 3 is 3.27 bits per heavy atom. The molecule has 0 spiro atoms. The van der Waals surface area contributed by atoms with E-state index < -0.39 is 0 Å². The van der Waals surface area contributed by atoms with Gasteiger partial charge in [0, 0.05) is 18.0 Å². The Balaban J connectivity index is 2.16. The first-order valence-electron chi connectivity index (χ1n) is 3.78. The van der Waals surface area contributed by atoms with Gasteiger partial charge in [-0.25, -0.2) is 0 Å². The third kappa shape index (κ3) is 1.13. The molecule has 0 aromatic rings. The fourth-order valence-electron chi connectivity index (χ4n) is 1.43. The van der Waals surface area contributed by atoms with E-state index >= 15 is 0 Å². The molecule has 2 rings (SSSR count). The first-order valence-corrected chi connectivity index (χ1v) is 3.78. The van der Waals surface area contributed by atoms with E-state index in [-0.39, 0.29) is 5.91 Å². The van der Waals surface area contributed by atoms with Gasteiger partial charge in [-0.3, -0.25) is 10.2 Å². The molecule has 0 aromatic heterocycles. The van der Waals surface area contributed by atoms with Crippen molar-refractivity contribution in [2.24, 2.45) is 5.92 Å². The van der Waals surface area contributed by atoms with Gasteiger partial charge in [0.2, 0.25) is 5.91 Å². The van der Waals surface area contributed by atoms with Crippen LogP contribution >= 0.6 is 0 Å². The third-order valence-electron chi connectivity index (χ3n) is 2.05. The van der Waals surface area contributed by atoms with Gasteiger partial charge in [-0.15, -0.1) is 0 Å². The summed E-state index contributed by atoms with van der Waals surface area (Å²) in [7, 11) is 0. The van der Waals surface area contributed by atoms with Crippen LogP contribution in [0.5, 0.6) is 0 Å². The lowest BCUT2D eigenvalue weighted by Gasteiger charge is -2.27. The minimum absolute atomic E-state index is 0.0856. The van der Waals surface area contributed by atoms with Crippen LogP contribution in [0, 0.1) is 5.92 Å². The standard InChI is InChI=1S/C8H10N2O/c11-8-5-6-3-1-2-4-7(6)9-10-8/h1-2,4,6,9H,3,5H2,(H,10,11). The van der Waals surface area contributed by atoms with E-state index in [4.69, 9.17) is 0 Å². The highest BCUT2D eigenvalue weighted by molar-refractivity contribution is 5.77. The van der Waals surface area contributed by atoms with Crippen molar-refractivity contribution in [2.75, 3.05) is 0 Å². The average molecular weight is 150 g/mol. The molecular weight excluding hydrogens is 140 g/mol. The van der Waals surface area contributed by atoms with Gasteiger partial charge in [0.1, 0.15) is 0 Å². The van der Waals surface area contributed by atoms with Crippen molar-refractivity contribution < 1.29 is 4.79 Å². The predicted molar refractivity (Wildman–Crippen MR) is 41.2 cm³/mol. The minimum atomic E-state index is 0.0856. The molecule has 1 heterocycles. The monoisotopic (exact) mass is 150 g/mol. The molecular formula is C8H10N2O. The van der Waals surface area contributed by atoms with Crippen molar-refractivity contribution in [1.29, 1.82) is 0 Å². The topological polar surface area (TPSA) is 41.1 Å². The molecule has 1 aliphatic heterocycles. The molecule has 0 saturated carbocycles. The van der Waals surface area contributed by atoms with Gasteiger partial charge in [-0.2, -0.15) is 0 Å². The molecule has 1 fully saturated rings. The molecule has 1 atom stereocenters. The van der Waals surface area contributed by atoms with Crippen molar-refractivity contribution >= 4 is 5.91 Å². The van der Waals surface area contributed by atoms with E-state index in [0.717, 1.165) is 12.1 Å². The van der Waals surface area contributed by atoms with Crippen LogP contribution in [0.1, 0.15) is 12.8 Å². The highest BCUT2D eigenvalue weighted by atomic mass is 16.2. The van der Waals surface area contributed by atoms with E-state index in [1.54, 1.807) is 0 Å². The van der Waals surface area contributed by atoms with Crippen molar-refractivity contribution in [3.8, 4) is 0 Å². The summed E-state index contributed by atoms with van der Waals surface area (Å²) < 4.78 is 0. The summed E-state index contributed by atoms with van der Waals surface area (Å²) in [6, 6.07) is 0. The van der Waals surface area contributed by atoms with Gasteiger partial charge in [0.05, 0.1) is 0 Å². The molecule has 1 unspecified atom stereocenters. The molecule has 0 radical (unpaired) electrons. The number of hydrazine groups is 1. The van der Waals surface area contributed by atoms with Gasteiger partial charge in [0.15, 0.2) is 0 Å². The number of carbonyl (C=O) groups excluding carboxylic acids is 1. The number of rotatable bonds is 0. The van der Waals surface area contributed by atoms with Crippen molar-refractivity contribution in [3.63, 3.8) is 0 Å². The first-order chi connectivity index (χ1) is 5.36. The van der Waals surface area contributed by atoms with Crippen molar-refractivity contribution in [3.05, 3.63) is 23.9 Å². The van der Waals surface area contributed by atoms with Crippen LogP contribution in [-0.4, -0.2) is 5.91 Å². The Kier molecular flexibility index (Phi) is 1.42. The van der Waals surface area contributed by atoms with Crippen LogP contribution in [0.3, 0.4) is 0 Å². The van der Waals surface area contributed by atoms with E-state index in [0.29, 0.717) is 12.3 Å². The smallest absolute Gasteiger partial charge is 0.238 e. The summed E-state index contributed by atoms with van der Waals surface area (Å²) in [5.74, 6) is 0.469. The zero-order valence-corrected chi connectivity index (χ0v) is 6.13. The molecule has 0 aromatic carbocycles. The Labute approximate surface area is 65.1 Å². The molecule has 3 heteroatoms. The number of amides is 1. The second-order valence-electron chi connectivity index (χ2n) is 2.86. The summed E-state index contributed by atoms with van der Waals surface area (Å²) in [6.45, 7) is 0. The van der Waals surface area contributed by atoms with Gasteiger partial charge in [-0.05, 0) is 12.5 Å². The number of nitrogens with one attached hydrogen (secondary N) is 2. The first kappa shape index (κ1) is 6.46. The highest BCUT2D eigenvalue weighted by Gasteiger charge is 2.23. The number of allylic oxidation sites excluding steroid dienone is 4. The fraction of sp³-hybridized carbons (Fsp3) is 0.375. The largest absolute Gasteiger partial charge is 0.302 e. The summed E-state index contributed by atoms with van der Waals surface area (Å²) in [5, 5.41) is 0. The molecule has 58 valence electrons. The maximum atomic E-state index is 10.9. The number of hydrogen-bond donors (Lipinski definition) is 2. The molecule has 0 bridgehead atoms. The van der Waals surface area contributed by atoms with E-state index in [1.165, 1.54) is 0 Å². The zero-order chi connectivity index (χ0) is 7.68. The lowest BCUT2D eigenvalue weighted by atomic mass is 9.92.